The molecule has 1 aromatic carbocycles. The van der Waals surface area contributed by atoms with Crippen LogP contribution in [0.3, 0.4) is 0 Å². The molecule has 0 amide bonds. The molecule has 0 spiro atoms. The molecule has 0 atom stereocenters. The molecule has 0 fully saturated rings. The van der Waals surface area contributed by atoms with Crippen molar-refractivity contribution < 1.29 is 4.74 Å². The van der Waals surface area contributed by atoms with Crippen molar-refractivity contribution in [1.29, 1.82) is 0 Å². The molecule has 1 nitrogen and oxygen atoms in total. The molecule has 0 aromatic heterocycles. The van der Waals surface area contributed by atoms with Crippen LogP contribution < -0.4 is 4.74 Å². The molecule has 3 heteroatoms. The van der Waals surface area contributed by atoms with E-state index in [1.807, 2.05) is 24.3 Å². The average molecular weight is 219 g/mol. The third-order valence-corrected chi connectivity index (χ3v) is 2.10. The lowest BCUT2D eigenvalue weighted by molar-refractivity contribution is 0.310. The van der Waals surface area contributed by atoms with Gasteiger partial charge in [0.05, 0.1) is 6.61 Å². The fourth-order valence-electron chi connectivity index (χ4n) is 0.943. The summed E-state index contributed by atoms with van der Waals surface area (Å²) in [7, 11) is 0. The summed E-state index contributed by atoms with van der Waals surface area (Å²) in [6.45, 7) is 0.701. The van der Waals surface area contributed by atoms with Crippen molar-refractivity contribution in [3.8, 4) is 5.75 Å². The summed E-state index contributed by atoms with van der Waals surface area (Å²) in [5.74, 6) is 1.51. The van der Waals surface area contributed by atoms with Gasteiger partial charge in [-0.1, -0.05) is 17.7 Å². The summed E-state index contributed by atoms with van der Waals surface area (Å²) in [5.41, 5.74) is 0. The van der Waals surface area contributed by atoms with Crippen LogP contribution in [-0.4, -0.2) is 12.5 Å². The fourth-order valence-corrected chi connectivity index (χ4v) is 1.31. The normalized spacial score (nSPS) is 10.0. The Labute approximate surface area is 88.6 Å². The molecule has 0 unspecified atom stereocenters. The van der Waals surface area contributed by atoms with Gasteiger partial charge in [0.2, 0.25) is 0 Å². The van der Waals surface area contributed by atoms with Crippen molar-refractivity contribution in [2.75, 3.05) is 12.5 Å². The molecular formula is C10H12Cl2O. The number of halogens is 2. The minimum atomic E-state index is 0.693. The molecule has 0 radical (unpaired) electrons. The second kappa shape index (κ2) is 6.11. The van der Waals surface area contributed by atoms with Crippen molar-refractivity contribution in [3.63, 3.8) is 0 Å². The quantitative estimate of drug-likeness (QED) is 0.541. The van der Waals surface area contributed by atoms with Gasteiger partial charge in [0, 0.05) is 10.9 Å². The van der Waals surface area contributed by atoms with Gasteiger partial charge >= 0.3 is 0 Å². The Hall–Kier alpha value is -0.400. The van der Waals surface area contributed by atoms with Crippen LogP contribution in [0.15, 0.2) is 24.3 Å². The summed E-state index contributed by atoms with van der Waals surface area (Å²) in [4.78, 5) is 0. The van der Waals surface area contributed by atoms with Crippen molar-refractivity contribution in [2.45, 2.75) is 12.8 Å². The first kappa shape index (κ1) is 10.7. The Morgan fingerprint density at radius 2 is 2.08 bits per heavy atom. The predicted molar refractivity (Wildman–Crippen MR) is 56.9 cm³/mol. The van der Waals surface area contributed by atoms with Crippen LogP contribution in [0, 0.1) is 0 Å². The van der Waals surface area contributed by atoms with E-state index in [1.165, 1.54) is 0 Å². The number of unbranched alkanes of at least 4 members (excludes halogenated alkanes) is 1. The number of benzene rings is 1. The topological polar surface area (TPSA) is 9.23 Å². The Morgan fingerprint density at radius 1 is 1.23 bits per heavy atom. The smallest absolute Gasteiger partial charge is 0.120 e. The van der Waals surface area contributed by atoms with Gasteiger partial charge in [-0.2, -0.15) is 0 Å². The summed E-state index contributed by atoms with van der Waals surface area (Å²) in [5, 5.41) is 0.704. The highest BCUT2D eigenvalue weighted by atomic mass is 35.5. The molecule has 0 bridgehead atoms. The molecule has 0 heterocycles. The Morgan fingerprint density at radius 3 is 2.77 bits per heavy atom. The lowest BCUT2D eigenvalue weighted by atomic mass is 10.3. The monoisotopic (exact) mass is 218 g/mol. The minimum Gasteiger partial charge on any atom is -0.494 e. The molecule has 0 aliphatic heterocycles. The molecule has 0 aliphatic carbocycles. The van der Waals surface area contributed by atoms with Crippen LogP contribution in [0.4, 0.5) is 0 Å². The van der Waals surface area contributed by atoms with Crippen LogP contribution in [0.25, 0.3) is 0 Å². The Kier molecular flexibility index (Phi) is 5.02. The second-order valence-corrected chi connectivity index (χ2v) is 3.52. The van der Waals surface area contributed by atoms with Crippen molar-refractivity contribution in [2.24, 2.45) is 0 Å². The van der Waals surface area contributed by atoms with Gasteiger partial charge in [-0.25, -0.2) is 0 Å². The van der Waals surface area contributed by atoms with E-state index in [9.17, 15) is 0 Å². The maximum absolute atomic E-state index is 5.78. The molecule has 13 heavy (non-hydrogen) atoms. The van der Waals surface area contributed by atoms with E-state index in [2.05, 4.69) is 0 Å². The van der Waals surface area contributed by atoms with E-state index in [1.54, 1.807) is 0 Å². The first-order chi connectivity index (χ1) is 6.33. The van der Waals surface area contributed by atoms with E-state index < -0.39 is 0 Å². The van der Waals surface area contributed by atoms with Gasteiger partial charge in [-0.05, 0) is 31.0 Å². The molecule has 1 aromatic rings. The van der Waals surface area contributed by atoms with E-state index in [4.69, 9.17) is 27.9 Å². The van der Waals surface area contributed by atoms with E-state index in [0.717, 1.165) is 18.6 Å². The Balaban J connectivity index is 2.28. The summed E-state index contributed by atoms with van der Waals surface area (Å²) in [6.07, 6.45) is 1.97. The first-order valence-electron chi connectivity index (χ1n) is 4.27. The maximum atomic E-state index is 5.78. The van der Waals surface area contributed by atoms with Crippen LogP contribution >= 0.6 is 23.2 Å². The predicted octanol–water partition coefficient (Wildman–Crippen LogP) is 3.74. The van der Waals surface area contributed by atoms with Gasteiger partial charge in [-0.15, -0.1) is 11.6 Å². The SMILES string of the molecule is ClCCCCOc1cccc(Cl)c1. The van der Waals surface area contributed by atoms with Crippen LogP contribution in [0.1, 0.15) is 12.8 Å². The molecule has 0 saturated carbocycles. The Bertz CT molecular complexity index is 250. The van der Waals surface area contributed by atoms with Crippen molar-refractivity contribution in [1.82, 2.24) is 0 Å². The van der Waals surface area contributed by atoms with E-state index >= 15 is 0 Å². The maximum Gasteiger partial charge on any atom is 0.120 e. The van der Waals surface area contributed by atoms with Gasteiger partial charge in [-0.3, -0.25) is 0 Å². The number of ether oxygens (including phenoxy) is 1. The summed E-state index contributed by atoms with van der Waals surface area (Å²) >= 11 is 11.3. The lowest BCUT2D eigenvalue weighted by Gasteiger charge is -2.04. The van der Waals surface area contributed by atoms with Crippen molar-refractivity contribution in [3.05, 3.63) is 29.3 Å². The highest BCUT2D eigenvalue weighted by Gasteiger charge is 1.94. The van der Waals surface area contributed by atoms with Crippen LogP contribution in [-0.2, 0) is 0 Å². The number of hydrogen-bond donors (Lipinski definition) is 0. The van der Waals surface area contributed by atoms with Gasteiger partial charge in [0.1, 0.15) is 5.75 Å². The first-order valence-corrected chi connectivity index (χ1v) is 5.18. The molecule has 0 aliphatic rings. The molecule has 0 N–H and O–H groups in total. The third kappa shape index (κ3) is 4.39. The van der Waals surface area contributed by atoms with Crippen LogP contribution in [0.5, 0.6) is 5.75 Å². The molecular weight excluding hydrogens is 207 g/mol. The fraction of sp³-hybridized carbons (Fsp3) is 0.400. The number of alkyl halides is 1. The van der Waals surface area contributed by atoms with Gasteiger partial charge < -0.3 is 4.74 Å². The van der Waals surface area contributed by atoms with E-state index in [0.29, 0.717) is 17.5 Å². The summed E-state index contributed by atoms with van der Waals surface area (Å²) < 4.78 is 5.45. The number of rotatable bonds is 5. The second-order valence-electron chi connectivity index (χ2n) is 2.70. The number of hydrogen-bond acceptors (Lipinski definition) is 1. The highest BCUT2D eigenvalue weighted by molar-refractivity contribution is 6.30. The highest BCUT2D eigenvalue weighted by Crippen LogP contribution is 2.17. The summed E-state index contributed by atoms with van der Waals surface area (Å²) in [6, 6.07) is 7.40. The zero-order valence-corrected chi connectivity index (χ0v) is 8.81. The largest absolute Gasteiger partial charge is 0.494 e. The van der Waals surface area contributed by atoms with Crippen molar-refractivity contribution >= 4 is 23.2 Å². The van der Waals surface area contributed by atoms with Gasteiger partial charge in [0.15, 0.2) is 0 Å². The zero-order chi connectivity index (χ0) is 9.52. The van der Waals surface area contributed by atoms with Crippen LogP contribution in [0.2, 0.25) is 5.02 Å². The standard InChI is InChI=1S/C10H12Cl2O/c11-6-1-2-7-13-10-5-3-4-9(12)8-10/h3-5,8H,1-2,6-7H2. The molecule has 0 saturated heterocycles. The molecule has 72 valence electrons. The van der Waals surface area contributed by atoms with E-state index in [-0.39, 0.29) is 0 Å². The van der Waals surface area contributed by atoms with Gasteiger partial charge in [0.25, 0.3) is 0 Å². The third-order valence-electron chi connectivity index (χ3n) is 1.59. The minimum absolute atomic E-state index is 0.693. The lowest BCUT2D eigenvalue weighted by Crippen LogP contribution is -1.97. The zero-order valence-electron chi connectivity index (χ0n) is 7.30. The average Bonchev–Trinajstić information content (AvgIpc) is 2.13. The molecule has 1 rings (SSSR count).